The number of alkyl carbamates (subject to hydrolysis) is 1. The summed E-state index contributed by atoms with van der Waals surface area (Å²) in [5.41, 5.74) is 1.01. The van der Waals surface area contributed by atoms with Crippen LogP contribution in [0.25, 0.3) is 0 Å². The van der Waals surface area contributed by atoms with E-state index in [1.807, 2.05) is 0 Å². The van der Waals surface area contributed by atoms with Crippen LogP contribution in [0.2, 0.25) is 0 Å². The molecule has 1 fully saturated rings. The lowest BCUT2D eigenvalue weighted by atomic mass is 10.1. The van der Waals surface area contributed by atoms with E-state index in [-0.39, 0.29) is 18.0 Å². The molecule has 1 saturated heterocycles. The summed E-state index contributed by atoms with van der Waals surface area (Å²) in [4.78, 5) is 18.3. The van der Waals surface area contributed by atoms with Gasteiger partial charge in [-0.05, 0) is 24.3 Å². The Morgan fingerprint density at radius 2 is 1.65 bits per heavy atom. The van der Waals surface area contributed by atoms with Gasteiger partial charge in [0.2, 0.25) is 5.95 Å². The molecule has 1 amide bonds. The quantitative estimate of drug-likeness (QED) is 0.475. The number of ether oxygens (including phenoxy) is 1. The summed E-state index contributed by atoms with van der Waals surface area (Å²) in [5.74, 6) is 4.10. The highest BCUT2D eigenvalue weighted by molar-refractivity contribution is 5.70. The van der Waals surface area contributed by atoms with Gasteiger partial charge in [-0.15, -0.1) is 12.8 Å². The third-order valence-electron chi connectivity index (χ3n) is 3.70. The van der Waals surface area contributed by atoms with E-state index in [0.717, 1.165) is 6.20 Å². The molecule has 0 aliphatic carbocycles. The summed E-state index contributed by atoms with van der Waals surface area (Å²) < 4.78 is 43.4. The highest BCUT2D eigenvalue weighted by Crippen LogP contribution is 2.20. The number of aromatic nitrogens is 2. The van der Waals surface area contributed by atoms with Crippen molar-refractivity contribution in [1.82, 2.24) is 15.3 Å². The minimum Gasteiger partial charge on any atom is -0.447 e. The minimum atomic E-state index is -0.700. The molecule has 0 radical (unpaired) electrons. The van der Waals surface area contributed by atoms with Crippen LogP contribution in [0.15, 0.2) is 61.1 Å². The molecule has 0 bridgehead atoms. The van der Waals surface area contributed by atoms with Crippen LogP contribution in [0, 0.1) is 42.3 Å². The number of benzene rings is 1. The van der Waals surface area contributed by atoms with E-state index in [2.05, 4.69) is 40.0 Å². The lowest BCUT2D eigenvalue weighted by molar-refractivity contribution is 0.176. The second kappa shape index (κ2) is 11.6. The van der Waals surface area contributed by atoms with Crippen molar-refractivity contribution >= 4 is 6.09 Å². The van der Waals surface area contributed by atoms with Gasteiger partial charge in [-0.1, -0.05) is 30.0 Å². The van der Waals surface area contributed by atoms with Gasteiger partial charge in [-0.2, -0.15) is 4.39 Å². The number of rotatable bonds is 1. The summed E-state index contributed by atoms with van der Waals surface area (Å²) in [5, 5.41) is 2.47. The number of pyridine rings is 2. The number of terminal acetylenes is 1. The average Bonchev–Trinajstić information content (AvgIpc) is 3.22. The summed E-state index contributed by atoms with van der Waals surface area (Å²) in [6.07, 6.45) is 11.1. The van der Waals surface area contributed by atoms with Gasteiger partial charge in [0.25, 0.3) is 0 Å². The molecule has 1 atom stereocenters. The number of nitrogens with zero attached hydrogens (tertiary/aromatic N) is 2. The lowest BCUT2D eigenvalue weighted by Gasteiger charge is -2.08. The number of cyclic esters (lactones) is 1. The van der Waals surface area contributed by atoms with Gasteiger partial charge in [0.1, 0.15) is 18.2 Å². The number of nitrogens with one attached hydrogen (secondary N) is 1. The molecule has 5 nitrogen and oxygen atoms in total. The molecule has 3 aromatic rings. The van der Waals surface area contributed by atoms with Crippen LogP contribution in [-0.4, -0.2) is 22.7 Å². The third-order valence-corrected chi connectivity index (χ3v) is 3.70. The van der Waals surface area contributed by atoms with E-state index in [0.29, 0.717) is 11.1 Å². The zero-order valence-electron chi connectivity index (χ0n) is 16.1. The van der Waals surface area contributed by atoms with Crippen molar-refractivity contribution in [3.05, 3.63) is 95.3 Å². The normalized spacial score (nSPS) is 13.7. The second-order valence-electron chi connectivity index (χ2n) is 5.84. The first kappa shape index (κ1) is 23.0. The molecule has 2 aromatic heterocycles. The Labute approximate surface area is 177 Å². The van der Waals surface area contributed by atoms with Crippen LogP contribution in [-0.2, 0) is 4.74 Å². The molecule has 8 heteroatoms. The predicted octanol–water partition coefficient (Wildman–Crippen LogP) is 4.01. The van der Waals surface area contributed by atoms with Crippen molar-refractivity contribution in [2.24, 2.45) is 0 Å². The van der Waals surface area contributed by atoms with Crippen LogP contribution >= 0.6 is 0 Å². The molecule has 156 valence electrons. The molecule has 1 aromatic carbocycles. The molecular formula is C23H16F3N3O2. The van der Waals surface area contributed by atoms with Crippen LogP contribution < -0.4 is 5.32 Å². The monoisotopic (exact) mass is 423 g/mol. The maximum absolute atomic E-state index is 13.7. The van der Waals surface area contributed by atoms with E-state index in [1.54, 1.807) is 18.2 Å². The Hall–Kier alpha value is -4.30. The van der Waals surface area contributed by atoms with Crippen molar-refractivity contribution in [2.45, 2.75) is 6.04 Å². The van der Waals surface area contributed by atoms with Crippen LogP contribution in [0.5, 0.6) is 0 Å². The van der Waals surface area contributed by atoms with Crippen LogP contribution in [0.4, 0.5) is 18.0 Å². The molecule has 0 saturated carbocycles. The molecule has 3 heterocycles. The van der Waals surface area contributed by atoms with Gasteiger partial charge < -0.3 is 10.1 Å². The lowest BCUT2D eigenvalue weighted by Crippen LogP contribution is -2.19. The van der Waals surface area contributed by atoms with Crippen molar-refractivity contribution in [2.75, 3.05) is 6.61 Å². The topological polar surface area (TPSA) is 64.1 Å². The standard InChI is InChI=1S/C15H9F2N3O2.C6H5F.C2H2/c16-11-3-9(5-18-7-11)1-2-10-4-12(14(17)19-6-10)13-8-22-15(21)20-13;7-6-4-2-1-3-5-6;1-2/h3-7,13H,8H2,(H,20,21);1-5H;1-2H/t13-;;/m0../s1. The number of hydrogen-bond acceptors (Lipinski definition) is 4. The average molecular weight is 423 g/mol. The van der Waals surface area contributed by atoms with Crippen molar-refractivity contribution in [3.63, 3.8) is 0 Å². The minimum absolute atomic E-state index is 0.0299. The third kappa shape index (κ3) is 7.22. The summed E-state index contributed by atoms with van der Waals surface area (Å²) in [6, 6.07) is 10.1. The Morgan fingerprint density at radius 1 is 0.968 bits per heavy atom. The fourth-order valence-corrected chi connectivity index (χ4v) is 2.37. The van der Waals surface area contributed by atoms with Crippen molar-refractivity contribution in [1.29, 1.82) is 0 Å². The Kier molecular flexibility index (Phi) is 8.63. The molecule has 0 unspecified atom stereocenters. The van der Waals surface area contributed by atoms with Gasteiger partial charge in [0.05, 0.1) is 12.2 Å². The Balaban J connectivity index is 0.000000319. The summed E-state index contributed by atoms with van der Waals surface area (Å²) in [7, 11) is 0. The largest absolute Gasteiger partial charge is 0.447 e. The number of carbonyl (C=O) groups is 1. The highest BCUT2D eigenvalue weighted by Gasteiger charge is 2.26. The molecule has 4 rings (SSSR count). The van der Waals surface area contributed by atoms with E-state index in [9.17, 15) is 18.0 Å². The number of carbonyl (C=O) groups excluding carboxylic acids is 1. The first-order chi connectivity index (χ1) is 15.0. The van der Waals surface area contributed by atoms with Crippen LogP contribution in [0.3, 0.4) is 0 Å². The Bertz CT molecular complexity index is 1110. The van der Waals surface area contributed by atoms with E-state index in [1.165, 1.54) is 36.7 Å². The highest BCUT2D eigenvalue weighted by atomic mass is 19.1. The summed E-state index contributed by atoms with van der Waals surface area (Å²) in [6.45, 7) is 0.0299. The van der Waals surface area contributed by atoms with E-state index in [4.69, 9.17) is 4.74 Å². The first-order valence-corrected chi connectivity index (χ1v) is 8.76. The number of amides is 1. The van der Waals surface area contributed by atoms with Gasteiger partial charge in [-0.25, -0.2) is 18.6 Å². The molecule has 1 aliphatic heterocycles. The van der Waals surface area contributed by atoms with Gasteiger partial charge >= 0.3 is 6.09 Å². The maximum Gasteiger partial charge on any atom is 0.407 e. The van der Waals surface area contributed by atoms with Crippen LogP contribution in [0.1, 0.15) is 22.7 Å². The molecular weight excluding hydrogens is 407 g/mol. The molecule has 0 spiro atoms. The molecule has 31 heavy (non-hydrogen) atoms. The van der Waals surface area contributed by atoms with E-state index < -0.39 is 23.9 Å². The Morgan fingerprint density at radius 3 is 2.19 bits per heavy atom. The maximum atomic E-state index is 13.7. The van der Waals surface area contributed by atoms with Crippen molar-refractivity contribution in [3.8, 4) is 24.7 Å². The summed E-state index contributed by atoms with van der Waals surface area (Å²) >= 11 is 0. The number of halogens is 3. The number of hydrogen-bond donors (Lipinski definition) is 1. The van der Waals surface area contributed by atoms with Crippen molar-refractivity contribution < 1.29 is 22.7 Å². The van der Waals surface area contributed by atoms with Gasteiger partial charge in [-0.3, -0.25) is 4.98 Å². The van der Waals surface area contributed by atoms with Gasteiger partial charge in [0, 0.05) is 29.1 Å². The second-order valence-corrected chi connectivity index (χ2v) is 5.84. The molecule has 1 N–H and O–H groups in total. The van der Waals surface area contributed by atoms with Gasteiger partial charge in [0.15, 0.2) is 0 Å². The molecule has 1 aliphatic rings. The fourth-order valence-electron chi connectivity index (χ4n) is 2.37. The smallest absolute Gasteiger partial charge is 0.407 e. The zero-order valence-corrected chi connectivity index (χ0v) is 16.1. The SMILES string of the molecule is C#C.Fc1ccccc1.O=C1N[C@H](c2cc(C#Cc3cncc(F)c3)cnc2F)CO1. The predicted molar refractivity (Wildman–Crippen MR) is 108 cm³/mol. The first-order valence-electron chi connectivity index (χ1n) is 8.76. The fraction of sp³-hybridized carbons (Fsp3) is 0.0870. The van der Waals surface area contributed by atoms with E-state index >= 15 is 0 Å². The zero-order chi connectivity index (χ0) is 22.6.